The molecule has 5 heteroatoms. The summed E-state index contributed by atoms with van der Waals surface area (Å²) in [6.07, 6.45) is 8.65. The maximum absolute atomic E-state index is 4.92. The fourth-order valence-electron chi connectivity index (χ4n) is 4.97. The minimum Gasteiger partial charge on any atom is -0.363 e. The average Bonchev–Trinajstić information content (AvgIpc) is 3.46. The third-order valence-corrected chi connectivity index (χ3v) is 7.01. The lowest BCUT2D eigenvalue weighted by Crippen LogP contribution is -2.22. The fourth-order valence-corrected chi connectivity index (χ4v) is 4.97. The van der Waals surface area contributed by atoms with Gasteiger partial charge in [0.1, 0.15) is 11.9 Å². The minimum atomic E-state index is 0.0163. The second kappa shape index (κ2) is 12.2. The number of benzene rings is 3. The van der Waals surface area contributed by atoms with E-state index in [1.54, 1.807) is 6.20 Å². The number of hydrogen-bond donors (Lipinski definition) is 0. The molecule has 2 aromatic heterocycles. The lowest BCUT2D eigenvalue weighted by atomic mass is 10.1. The van der Waals surface area contributed by atoms with Crippen molar-refractivity contribution in [2.75, 3.05) is 9.91 Å². The third kappa shape index (κ3) is 6.16. The second-order valence-corrected chi connectivity index (χ2v) is 9.85. The largest absolute Gasteiger partial charge is 0.363 e. The molecule has 1 unspecified atom stereocenters. The van der Waals surface area contributed by atoms with E-state index in [4.69, 9.17) is 5.10 Å². The Labute approximate surface area is 235 Å². The first-order valence-electron chi connectivity index (χ1n) is 13.6. The Kier molecular flexibility index (Phi) is 7.72. The summed E-state index contributed by atoms with van der Waals surface area (Å²) >= 11 is 0. The van der Waals surface area contributed by atoms with Gasteiger partial charge in [-0.3, -0.25) is 4.98 Å². The summed E-state index contributed by atoms with van der Waals surface area (Å²) in [5, 5.41) is 6.91. The van der Waals surface area contributed by atoms with Crippen LogP contribution >= 0.6 is 0 Å². The minimum absolute atomic E-state index is 0.0163. The number of anilines is 2. The van der Waals surface area contributed by atoms with Crippen molar-refractivity contribution >= 4 is 23.3 Å². The van der Waals surface area contributed by atoms with Crippen molar-refractivity contribution in [1.29, 1.82) is 0 Å². The van der Waals surface area contributed by atoms with Gasteiger partial charge in [0.25, 0.3) is 0 Å². The highest BCUT2D eigenvalue weighted by Gasteiger charge is 2.29. The number of allylic oxidation sites excluding steroid dienone is 1. The first-order valence-corrected chi connectivity index (χ1v) is 13.6. The molecule has 5 nitrogen and oxygen atoms in total. The Balaban J connectivity index is 1.20. The van der Waals surface area contributed by atoms with E-state index >= 15 is 0 Å². The van der Waals surface area contributed by atoms with Crippen LogP contribution in [0.25, 0.3) is 6.08 Å². The monoisotopic (exact) mass is 521 g/mol. The molecule has 0 N–H and O–H groups in total. The summed E-state index contributed by atoms with van der Waals surface area (Å²) in [6.45, 7) is 1.69. The van der Waals surface area contributed by atoms with Gasteiger partial charge in [-0.2, -0.15) is 5.10 Å². The van der Waals surface area contributed by atoms with E-state index in [2.05, 4.69) is 118 Å². The van der Waals surface area contributed by atoms with Crippen molar-refractivity contribution in [1.82, 2.24) is 9.97 Å². The van der Waals surface area contributed by atoms with E-state index in [1.165, 1.54) is 16.8 Å². The molecule has 0 radical (unpaired) electrons. The Morgan fingerprint density at radius 1 is 0.650 bits per heavy atom. The van der Waals surface area contributed by atoms with Gasteiger partial charge in [0, 0.05) is 37.6 Å². The molecule has 0 saturated heterocycles. The van der Waals surface area contributed by atoms with Gasteiger partial charge in [0.15, 0.2) is 0 Å². The predicted octanol–water partition coefficient (Wildman–Crippen LogP) is 7.70. The molecule has 0 saturated carbocycles. The standard InChI is InChI=1S/C35H31N5/c1-3-11-29(12-4-1)26-39(27-30-13-5-2-6-14-30)32-21-18-28(19-22-32)17-20-31-25-34(33-15-7-9-23-36-33)40(38-31)35-16-8-10-24-37-35/h1-24,34H,25-27H2. The molecule has 0 bridgehead atoms. The number of aromatic nitrogens is 2. The highest BCUT2D eigenvalue weighted by atomic mass is 15.5. The van der Waals surface area contributed by atoms with Crippen LogP contribution in [0.15, 0.2) is 145 Å². The van der Waals surface area contributed by atoms with Crippen LogP contribution in [0.5, 0.6) is 0 Å². The average molecular weight is 522 g/mol. The highest BCUT2D eigenvalue weighted by Crippen LogP contribution is 2.33. The topological polar surface area (TPSA) is 44.6 Å². The Morgan fingerprint density at radius 2 is 1.27 bits per heavy atom. The van der Waals surface area contributed by atoms with Crippen LogP contribution in [0.3, 0.4) is 0 Å². The number of hydrogen-bond acceptors (Lipinski definition) is 5. The summed E-state index contributed by atoms with van der Waals surface area (Å²) in [4.78, 5) is 11.6. The van der Waals surface area contributed by atoms with E-state index in [-0.39, 0.29) is 6.04 Å². The summed E-state index contributed by atoms with van der Waals surface area (Å²) < 4.78 is 0. The first kappa shape index (κ1) is 25.3. The molecular weight excluding hydrogens is 490 g/mol. The van der Waals surface area contributed by atoms with Crippen LogP contribution in [0.4, 0.5) is 11.5 Å². The summed E-state index contributed by atoms with van der Waals surface area (Å²) in [5.74, 6) is 0.822. The Hall–Kier alpha value is -5.03. The summed E-state index contributed by atoms with van der Waals surface area (Å²) in [5.41, 5.74) is 6.90. The molecule has 1 aliphatic heterocycles. The molecule has 196 valence electrons. The number of hydrazone groups is 1. The number of pyridine rings is 2. The molecule has 0 aliphatic carbocycles. The van der Waals surface area contributed by atoms with Crippen molar-refractivity contribution in [3.05, 3.63) is 162 Å². The van der Waals surface area contributed by atoms with Gasteiger partial charge in [-0.1, -0.05) is 91.0 Å². The van der Waals surface area contributed by atoms with Crippen LogP contribution < -0.4 is 9.91 Å². The van der Waals surface area contributed by atoms with Crippen LogP contribution in [0, 0.1) is 0 Å². The van der Waals surface area contributed by atoms with E-state index < -0.39 is 0 Å². The molecule has 0 amide bonds. The van der Waals surface area contributed by atoms with Gasteiger partial charge in [0.2, 0.25) is 0 Å². The summed E-state index contributed by atoms with van der Waals surface area (Å²) in [6, 6.07) is 42.0. The van der Waals surface area contributed by atoms with Crippen molar-refractivity contribution < 1.29 is 0 Å². The Morgan fingerprint density at radius 3 is 1.88 bits per heavy atom. The number of nitrogens with zero attached hydrogens (tertiary/aromatic N) is 5. The summed E-state index contributed by atoms with van der Waals surface area (Å²) in [7, 11) is 0. The van der Waals surface area contributed by atoms with Crippen LogP contribution in [-0.4, -0.2) is 15.7 Å². The van der Waals surface area contributed by atoms with Crippen molar-refractivity contribution in [3.63, 3.8) is 0 Å². The van der Waals surface area contributed by atoms with Crippen LogP contribution in [-0.2, 0) is 13.1 Å². The maximum Gasteiger partial charge on any atom is 0.149 e. The highest BCUT2D eigenvalue weighted by molar-refractivity contribution is 6.01. The second-order valence-electron chi connectivity index (χ2n) is 9.85. The van der Waals surface area contributed by atoms with E-state index in [0.717, 1.165) is 42.3 Å². The molecule has 3 heterocycles. The normalized spacial score (nSPS) is 14.8. The third-order valence-electron chi connectivity index (χ3n) is 7.01. The molecule has 1 aliphatic rings. The molecule has 0 spiro atoms. The number of rotatable bonds is 9. The molecule has 0 fully saturated rings. The fraction of sp³-hybridized carbons (Fsp3) is 0.114. The van der Waals surface area contributed by atoms with Gasteiger partial charge in [-0.25, -0.2) is 9.99 Å². The van der Waals surface area contributed by atoms with Gasteiger partial charge in [-0.15, -0.1) is 0 Å². The van der Waals surface area contributed by atoms with E-state index in [0.29, 0.717) is 0 Å². The van der Waals surface area contributed by atoms with Crippen LogP contribution in [0.1, 0.15) is 34.8 Å². The smallest absolute Gasteiger partial charge is 0.149 e. The van der Waals surface area contributed by atoms with Crippen LogP contribution in [0.2, 0.25) is 0 Å². The van der Waals surface area contributed by atoms with E-state index in [9.17, 15) is 0 Å². The lowest BCUT2D eigenvalue weighted by Gasteiger charge is -2.25. The van der Waals surface area contributed by atoms with E-state index in [1.807, 2.05) is 41.5 Å². The zero-order chi connectivity index (χ0) is 27.0. The molecule has 3 aromatic carbocycles. The quantitative estimate of drug-likeness (QED) is 0.199. The van der Waals surface area contributed by atoms with Gasteiger partial charge >= 0.3 is 0 Å². The zero-order valence-corrected chi connectivity index (χ0v) is 22.3. The van der Waals surface area contributed by atoms with Gasteiger partial charge in [0.05, 0.1) is 11.4 Å². The zero-order valence-electron chi connectivity index (χ0n) is 22.3. The molecule has 6 rings (SSSR count). The molecule has 5 aromatic rings. The van der Waals surface area contributed by atoms with Crippen molar-refractivity contribution in [2.24, 2.45) is 5.10 Å². The maximum atomic E-state index is 4.92. The SMILES string of the molecule is C(=Cc1ccc(N(Cc2ccccc2)Cc2ccccc2)cc1)C1=NN(c2ccccn2)C(c2ccccn2)C1. The molecule has 40 heavy (non-hydrogen) atoms. The molecule has 1 atom stereocenters. The molecular formula is C35H31N5. The van der Waals surface area contributed by atoms with Gasteiger partial charge < -0.3 is 4.90 Å². The lowest BCUT2D eigenvalue weighted by molar-refractivity contribution is 0.677. The Bertz CT molecular complexity index is 1510. The first-order chi connectivity index (χ1) is 19.8. The van der Waals surface area contributed by atoms with Gasteiger partial charge in [-0.05, 0) is 59.2 Å². The van der Waals surface area contributed by atoms with Crippen molar-refractivity contribution in [2.45, 2.75) is 25.6 Å². The van der Waals surface area contributed by atoms with Crippen molar-refractivity contribution in [3.8, 4) is 0 Å². The predicted molar refractivity (Wildman–Crippen MR) is 164 cm³/mol.